The van der Waals surface area contributed by atoms with Crippen LogP contribution in [0.3, 0.4) is 0 Å². The molecule has 0 fully saturated rings. The summed E-state index contributed by atoms with van der Waals surface area (Å²) >= 11 is 0. The molecule has 0 bridgehead atoms. The van der Waals surface area contributed by atoms with Gasteiger partial charge < -0.3 is 4.57 Å². The second kappa shape index (κ2) is 12.4. The Kier molecular flexibility index (Phi) is 6.76. The SMILES string of the molecule is c1cc(-c2ccc3c(c2)c2ccccc2n3-c2ccc3c(c2)C2(c4ccccc4-c4ccccc42)c2ccccc2-3)cc(-c2cnc3c4ccccc4c4ccccc4c3n2)c1. The first-order chi connectivity index (χ1) is 30.8. The van der Waals surface area contributed by atoms with Crippen molar-refractivity contribution >= 4 is 54.4 Å². The van der Waals surface area contributed by atoms with Crippen molar-refractivity contribution in [2.24, 2.45) is 0 Å². The predicted octanol–water partition coefficient (Wildman–Crippen LogP) is 14.7. The van der Waals surface area contributed by atoms with Gasteiger partial charge in [0, 0.05) is 32.8 Å². The summed E-state index contributed by atoms with van der Waals surface area (Å²) in [6, 6.07) is 75.9. The van der Waals surface area contributed by atoms with Crippen LogP contribution in [0, 0.1) is 0 Å². The number of nitrogens with zero attached hydrogens (tertiary/aromatic N) is 3. The zero-order chi connectivity index (χ0) is 40.5. The molecule has 0 radical (unpaired) electrons. The molecule has 12 aromatic rings. The molecule has 0 amide bonds. The zero-order valence-corrected chi connectivity index (χ0v) is 33.5. The first-order valence-corrected chi connectivity index (χ1v) is 21.4. The summed E-state index contributed by atoms with van der Waals surface area (Å²) in [4.78, 5) is 10.4. The van der Waals surface area contributed by atoms with Crippen molar-refractivity contribution in [1.29, 1.82) is 0 Å². The summed E-state index contributed by atoms with van der Waals surface area (Å²) in [7, 11) is 0. The van der Waals surface area contributed by atoms with Crippen LogP contribution in [-0.2, 0) is 5.41 Å². The third-order valence-electron chi connectivity index (χ3n) is 13.8. The van der Waals surface area contributed by atoms with Gasteiger partial charge in [-0.25, -0.2) is 4.98 Å². The van der Waals surface area contributed by atoms with E-state index in [1.807, 2.05) is 6.20 Å². The minimum atomic E-state index is -0.400. The molecule has 2 aliphatic carbocycles. The van der Waals surface area contributed by atoms with E-state index < -0.39 is 5.41 Å². The first-order valence-electron chi connectivity index (χ1n) is 21.4. The Hall–Kier alpha value is -8.14. The largest absolute Gasteiger partial charge is 0.309 e. The fourth-order valence-corrected chi connectivity index (χ4v) is 11.3. The van der Waals surface area contributed by atoms with Crippen LogP contribution in [0.1, 0.15) is 22.3 Å². The number of para-hydroxylation sites is 1. The van der Waals surface area contributed by atoms with E-state index in [1.54, 1.807) is 0 Å². The van der Waals surface area contributed by atoms with Crippen molar-refractivity contribution in [3.8, 4) is 50.3 Å². The summed E-state index contributed by atoms with van der Waals surface area (Å²) in [6.07, 6.45) is 1.93. The zero-order valence-electron chi connectivity index (χ0n) is 33.5. The van der Waals surface area contributed by atoms with E-state index in [0.29, 0.717) is 0 Å². The minimum absolute atomic E-state index is 0.400. The molecule has 0 aliphatic heterocycles. The smallest absolute Gasteiger partial charge is 0.0979 e. The summed E-state index contributed by atoms with van der Waals surface area (Å²) in [5, 5.41) is 7.10. The highest BCUT2D eigenvalue weighted by Crippen LogP contribution is 2.63. The Morgan fingerprint density at radius 2 is 0.871 bits per heavy atom. The van der Waals surface area contributed by atoms with E-state index >= 15 is 0 Å². The molecule has 0 saturated carbocycles. The number of rotatable bonds is 3. The fourth-order valence-electron chi connectivity index (χ4n) is 11.3. The Morgan fingerprint density at radius 1 is 0.339 bits per heavy atom. The molecule has 14 rings (SSSR count). The third-order valence-corrected chi connectivity index (χ3v) is 13.8. The number of hydrogen-bond acceptors (Lipinski definition) is 2. The summed E-state index contributed by atoms with van der Waals surface area (Å²) in [6.45, 7) is 0. The normalized spacial score (nSPS) is 13.3. The third kappa shape index (κ3) is 4.39. The molecule has 2 aromatic heterocycles. The lowest BCUT2D eigenvalue weighted by Gasteiger charge is -2.30. The molecular formula is C59H35N3. The highest BCUT2D eigenvalue weighted by Gasteiger charge is 2.51. The summed E-state index contributed by atoms with van der Waals surface area (Å²) in [5.74, 6) is 0. The second-order valence-electron chi connectivity index (χ2n) is 16.8. The average Bonchev–Trinajstić information content (AvgIpc) is 3.95. The van der Waals surface area contributed by atoms with Crippen molar-refractivity contribution in [3.05, 3.63) is 235 Å². The Morgan fingerprint density at radius 3 is 1.56 bits per heavy atom. The lowest BCUT2D eigenvalue weighted by Crippen LogP contribution is -2.26. The maximum Gasteiger partial charge on any atom is 0.0979 e. The van der Waals surface area contributed by atoms with Gasteiger partial charge in [0.15, 0.2) is 0 Å². The van der Waals surface area contributed by atoms with Gasteiger partial charge in [-0.1, -0.05) is 170 Å². The molecule has 0 unspecified atom stereocenters. The fraction of sp³-hybridized carbons (Fsp3) is 0.0169. The molecule has 0 N–H and O–H groups in total. The lowest BCUT2D eigenvalue weighted by molar-refractivity contribution is 0.792. The van der Waals surface area contributed by atoms with Crippen LogP contribution in [0.2, 0.25) is 0 Å². The van der Waals surface area contributed by atoms with E-state index in [4.69, 9.17) is 9.97 Å². The standard InChI is InChI=1S/C59H35N3/c1-3-22-47-40(16-1)41-17-2-4-23-48(41)58-57(47)60-35-54(61-58)38-15-13-14-36(32-38)37-28-31-56-49(33-37)46-21-8-12-27-55(46)62(56)39-29-30-45-44-20-7-11-26-52(44)59(53(45)34-39)50-24-9-5-18-42(50)43-19-6-10-25-51(43)59/h1-35H. The highest BCUT2D eigenvalue weighted by molar-refractivity contribution is 6.23. The quantitative estimate of drug-likeness (QED) is 0.167. The van der Waals surface area contributed by atoms with Gasteiger partial charge in [-0.3, -0.25) is 4.98 Å². The van der Waals surface area contributed by atoms with Crippen molar-refractivity contribution in [1.82, 2.24) is 14.5 Å². The molecule has 10 aromatic carbocycles. The van der Waals surface area contributed by atoms with Gasteiger partial charge in [-0.15, -0.1) is 0 Å². The van der Waals surface area contributed by atoms with Crippen molar-refractivity contribution < 1.29 is 0 Å². The second-order valence-corrected chi connectivity index (χ2v) is 16.8. The molecule has 3 nitrogen and oxygen atoms in total. The van der Waals surface area contributed by atoms with Gasteiger partial charge in [-0.2, -0.15) is 0 Å². The molecule has 0 saturated heterocycles. The lowest BCUT2D eigenvalue weighted by atomic mass is 9.70. The van der Waals surface area contributed by atoms with Crippen molar-refractivity contribution in [2.75, 3.05) is 0 Å². The predicted molar refractivity (Wildman–Crippen MR) is 256 cm³/mol. The Balaban J connectivity index is 0.926. The number of benzene rings is 10. The monoisotopic (exact) mass is 785 g/mol. The van der Waals surface area contributed by atoms with Crippen molar-refractivity contribution in [3.63, 3.8) is 0 Å². The topological polar surface area (TPSA) is 30.7 Å². The molecular weight excluding hydrogens is 751 g/mol. The number of aromatic nitrogens is 3. The average molecular weight is 786 g/mol. The maximum atomic E-state index is 5.31. The van der Waals surface area contributed by atoms with Crippen LogP contribution in [0.4, 0.5) is 0 Å². The van der Waals surface area contributed by atoms with Crippen LogP contribution in [0.25, 0.3) is 105 Å². The molecule has 3 heteroatoms. The van der Waals surface area contributed by atoms with E-state index in [-0.39, 0.29) is 0 Å². The van der Waals surface area contributed by atoms with Crippen LogP contribution in [0.5, 0.6) is 0 Å². The van der Waals surface area contributed by atoms with E-state index in [1.165, 1.54) is 77.1 Å². The summed E-state index contributed by atoms with van der Waals surface area (Å²) < 4.78 is 2.47. The Labute approximate surface area is 357 Å². The van der Waals surface area contributed by atoms with E-state index in [2.05, 4.69) is 211 Å². The van der Waals surface area contributed by atoms with Gasteiger partial charge in [0.25, 0.3) is 0 Å². The first kappa shape index (κ1) is 33.7. The molecule has 1 spiro atoms. The molecule has 62 heavy (non-hydrogen) atoms. The minimum Gasteiger partial charge on any atom is -0.309 e. The van der Waals surface area contributed by atoms with E-state index in [9.17, 15) is 0 Å². The van der Waals surface area contributed by atoms with Gasteiger partial charge in [0.05, 0.1) is 39.4 Å². The van der Waals surface area contributed by atoms with Crippen LogP contribution in [0.15, 0.2) is 212 Å². The van der Waals surface area contributed by atoms with Crippen LogP contribution >= 0.6 is 0 Å². The molecule has 286 valence electrons. The van der Waals surface area contributed by atoms with Crippen LogP contribution in [-0.4, -0.2) is 14.5 Å². The molecule has 2 aliphatic rings. The van der Waals surface area contributed by atoms with Gasteiger partial charge >= 0.3 is 0 Å². The maximum absolute atomic E-state index is 5.31. The van der Waals surface area contributed by atoms with Crippen molar-refractivity contribution in [2.45, 2.75) is 5.41 Å². The van der Waals surface area contributed by atoms with Gasteiger partial charge in [0.2, 0.25) is 0 Å². The van der Waals surface area contributed by atoms with Crippen LogP contribution < -0.4 is 0 Å². The van der Waals surface area contributed by atoms with Gasteiger partial charge in [0.1, 0.15) is 0 Å². The summed E-state index contributed by atoms with van der Waals surface area (Å²) in [5.41, 5.74) is 19.9. The highest BCUT2D eigenvalue weighted by atomic mass is 15.0. The Bertz CT molecular complexity index is 3790. The number of fused-ring (bicyclic) bond motifs is 19. The van der Waals surface area contributed by atoms with E-state index in [0.717, 1.165) is 49.9 Å². The van der Waals surface area contributed by atoms with Gasteiger partial charge in [-0.05, 0) is 103 Å². The number of hydrogen-bond donors (Lipinski definition) is 0. The molecule has 0 atom stereocenters. The molecule has 2 heterocycles.